The molecule has 0 saturated carbocycles. The van der Waals surface area contributed by atoms with Gasteiger partial charge in [-0.25, -0.2) is 0 Å². The number of hydrogen-bond donors (Lipinski definition) is 0. The Morgan fingerprint density at radius 2 is 1.00 bits per heavy atom. The second-order valence-corrected chi connectivity index (χ2v) is 7.36. The molecule has 2 saturated heterocycles. The molecule has 2 fully saturated rings. The molecule has 6 heteroatoms. The van der Waals surface area contributed by atoms with Crippen molar-refractivity contribution in [1.29, 1.82) is 0 Å². The molecule has 6 unspecified atom stereocenters. The van der Waals surface area contributed by atoms with Crippen molar-refractivity contribution in [1.82, 2.24) is 9.80 Å². The van der Waals surface area contributed by atoms with Gasteiger partial charge >= 0.3 is 0 Å². The first kappa shape index (κ1) is 20.1. The summed E-state index contributed by atoms with van der Waals surface area (Å²) < 4.78 is 23.5. The highest BCUT2D eigenvalue weighted by Crippen LogP contribution is 2.15. The van der Waals surface area contributed by atoms with Crippen molar-refractivity contribution in [2.75, 3.05) is 39.4 Å². The molecular weight excluding hydrogens is 308 g/mol. The van der Waals surface area contributed by atoms with Crippen LogP contribution in [0.15, 0.2) is 0 Å². The van der Waals surface area contributed by atoms with Crippen molar-refractivity contribution in [3.05, 3.63) is 0 Å². The summed E-state index contributed by atoms with van der Waals surface area (Å²) in [7, 11) is 0. The first-order valence-electron chi connectivity index (χ1n) is 9.37. The summed E-state index contributed by atoms with van der Waals surface area (Å²) in [5.74, 6) is 0. The van der Waals surface area contributed by atoms with Gasteiger partial charge in [0.25, 0.3) is 0 Å². The highest BCUT2D eigenvalue weighted by molar-refractivity contribution is 4.75. The average Bonchev–Trinajstić information content (AvgIpc) is 2.49. The summed E-state index contributed by atoms with van der Waals surface area (Å²) in [6, 6.07) is 0. The Kier molecular flexibility index (Phi) is 7.91. The number of morpholine rings is 2. The summed E-state index contributed by atoms with van der Waals surface area (Å²) >= 11 is 0. The van der Waals surface area contributed by atoms with E-state index in [1.54, 1.807) is 0 Å². The molecular formula is C18H36N2O4. The standard InChI is InChI=1S/C18H36N2O4/c1-13-9-19(10-14(2)23-13)17(5)21-7-8-22-18(6)20-11-15(3)24-16(4)12-20/h13-18H,7-12H2,1-6H3. The maximum Gasteiger partial charge on any atom is 0.108 e. The normalized spacial score (nSPS) is 35.8. The Morgan fingerprint density at radius 1 is 0.708 bits per heavy atom. The molecule has 0 N–H and O–H groups in total. The van der Waals surface area contributed by atoms with Crippen LogP contribution in [0.1, 0.15) is 41.5 Å². The molecule has 0 amide bonds. The molecule has 0 bridgehead atoms. The van der Waals surface area contributed by atoms with E-state index in [0.29, 0.717) is 13.2 Å². The zero-order chi connectivity index (χ0) is 17.7. The monoisotopic (exact) mass is 344 g/mol. The van der Waals surface area contributed by atoms with Crippen LogP contribution in [-0.2, 0) is 18.9 Å². The van der Waals surface area contributed by atoms with Crippen LogP contribution in [0.4, 0.5) is 0 Å². The molecule has 2 heterocycles. The van der Waals surface area contributed by atoms with E-state index in [2.05, 4.69) is 51.3 Å². The molecule has 0 aromatic rings. The first-order valence-corrected chi connectivity index (χ1v) is 9.37. The van der Waals surface area contributed by atoms with E-state index in [0.717, 1.165) is 26.2 Å². The molecule has 0 aromatic carbocycles. The van der Waals surface area contributed by atoms with Crippen LogP contribution in [0, 0.1) is 0 Å². The molecule has 6 atom stereocenters. The third-order valence-electron chi connectivity index (χ3n) is 4.73. The maximum absolute atomic E-state index is 5.96. The lowest BCUT2D eigenvalue weighted by Gasteiger charge is -2.39. The molecule has 0 aromatic heterocycles. The summed E-state index contributed by atoms with van der Waals surface area (Å²) in [4.78, 5) is 4.68. The topological polar surface area (TPSA) is 43.4 Å². The molecule has 0 aliphatic carbocycles. The summed E-state index contributed by atoms with van der Waals surface area (Å²) in [6.45, 7) is 17.6. The summed E-state index contributed by atoms with van der Waals surface area (Å²) in [6.07, 6.45) is 1.26. The van der Waals surface area contributed by atoms with Gasteiger partial charge in [0.2, 0.25) is 0 Å². The molecule has 0 spiro atoms. The number of rotatable bonds is 7. The zero-order valence-corrected chi connectivity index (χ0v) is 16.2. The van der Waals surface area contributed by atoms with Crippen LogP contribution in [0.25, 0.3) is 0 Å². The van der Waals surface area contributed by atoms with E-state index in [-0.39, 0.29) is 36.9 Å². The van der Waals surface area contributed by atoms with Gasteiger partial charge in [-0.1, -0.05) is 0 Å². The van der Waals surface area contributed by atoms with Gasteiger partial charge in [0.15, 0.2) is 0 Å². The van der Waals surface area contributed by atoms with Gasteiger partial charge in [-0.15, -0.1) is 0 Å². The van der Waals surface area contributed by atoms with E-state index in [4.69, 9.17) is 18.9 Å². The highest BCUT2D eigenvalue weighted by atomic mass is 16.6. The quantitative estimate of drug-likeness (QED) is 0.658. The van der Waals surface area contributed by atoms with Gasteiger partial charge in [-0.2, -0.15) is 0 Å². The lowest BCUT2D eigenvalue weighted by molar-refractivity contribution is -0.157. The Labute approximate surface area is 147 Å². The van der Waals surface area contributed by atoms with Gasteiger partial charge in [0, 0.05) is 26.2 Å². The van der Waals surface area contributed by atoms with Crippen LogP contribution in [-0.4, -0.2) is 86.1 Å². The Hall–Kier alpha value is -0.240. The van der Waals surface area contributed by atoms with Gasteiger partial charge in [0.1, 0.15) is 12.5 Å². The van der Waals surface area contributed by atoms with Crippen LogP contribution in [0.5, 0.6) is 0 Å². The van der Waals surface area contributed by atoms with Crippen LogP contribution < -0.4 is 0 Å². The minimum Gasteiger partial charge on any atom is -0.373 e. The average molecular weight is 344 g/mol. The Balaban J connectivity index is 1.63. The van der Waals surface area contributed by atoms with Gasteiger partial charge in [-0.05, 0) is 41.5 Å². The molecule has 6 nitrogen and oxygen atoms in total. The third kappa shape index (κ3) is 6.24. The zero-order valence-electron chi connectivity index (χ0n) is 16.2. The predicted molar refractivity (Wildman–Crippen MR) is 94.0 cm³/mol. The lowest BCUT2D eigenvalue weighted by atomic mass is 10.2. The summed E-state index contributed by atoms with van der Waals surface area (Å²) in [5.41, 5.74) is 0. The largest absolute Gasteiger partial charge is 0.373 e. The minimum absolute atomic E-state index is 0.0983. The molecule has 2 rings (SSSR count). The van der Waals surface area contributed by atoms with E-state index in [9.17, 15) is 0 Å². The second kappa shape index (κ2) is 9.46. The van der Waals surface area contributed by atoms with Crippen LogP contribution in [0.2, 0.25) is 0 Å². The maximum atomic E-state index is 5.96. The fourth-order valence-corrected chi connectivity index (χ4v) is 3.68. The number of ether oxygens (including phenoxy) is 4. The highest BCUT2D eigenvalue weighted by Gasteiger charge is 2.27. The van der Waals surface area contributed by atoms with E-state index < -0.39 is 0 Å². The minimum atomic E-state index is 0.0983. The fourth-order valence-electron chi connectivity index (χ4n) is 3.68. The molecule has 0 radical (unpaired) electrons. The van der Waals surface area contributed by atoms with Crippen molar-refractivity contribution in [3.63, 3.8) is 0 Å². The van der Waals surface area contributed by atoms with Gasteiger partial charge < -0.3 is 18.9 Å². The number of nitrogens with zero attached hydrogens (tertiary/aromatic N) is 2. The van der Waals surface area contributed by atoms with E-state index >= 15 is 0 Å². The Bertz CT molecular complexity index is 317. The number of hydrogen-bond acceptors (Lipinski definition) is 6. The molecule has 2 aliphatic heterocycles. The predicted octanol–water partition coefficient (Wildman–Crippen LogP) is 1.93. The molecule has 2 aliphatic rings. The van der Waals surface area contributed by atoms with Crippen molar-refractivity contribution < 1.29 is 18.9 Å². The SMILES string of the molecule is CC1CN(C(C)OCCOC(C)N2CC(C)OC(C)C2)CC(C)O1. The molecule has 142 valence electrons. The van der Waals surface area contributed by atoms with Crippen molar-refractivity contribution >= 4 is 0 Å². The third-order valence-corrected chi connectivity index (χ3v) is 4.73. The van der Waals surface area contributed by atoms with Gasteiger partial charge in [-0.3, -0.25) is 9.80 Å². The van der Waals surface area contributed by atoms with E-state index in [1.807, 2.05) is 0 Å². The summed E-state index contributed by atoms with van der Waals surface area (Å²) in [5, 5.41) is 0. The van der Waals surface area contributed by atoms with Crippen LogP contribution in [0.3, 0.4) is 0 Å². The second-order valence-electron chi connectivity index (χ2n) is 7.36. The first-order chi connectivity index (χ1) is 11.3. The van der Waals surface area contributed by atoms with Crippen molar-refractivity contribution in [3.8, 4) is 0 Å². The fraction of sp³-hybridized carbons (Fsp3) is 1.00. The van der Waals surface area contributed by atoms with Crippen molar-refractivity contribution in [2.24, 2.45) is 0 Å². The van der Waals surface area contributed by atoms with Crippen molar-refractivity contribution in [2.45, 2.75) is 78.4 Å². The smallest absolute Gasteiger partial charge is 0.108 e. The van der Waals surface area contributed by atoms with E-state index in [1.165, 1.54) is 0 Å². The molecule has 24 heavy (non-hydrogen) atoms. The van der Waals surface area contributed by atoms with Crippen LogP contribution >= 0.6 is 0 Å². The van der Waals surface area contributed by atoms with Gasteiger partial charge in [0.05, 0.1) is 37.6 Å². The lowest BCUT2D eigenvalue weighted by Crippen LogP contribution is -2.50. The Morgan fingerprint density at radius 3 is 1.29 bits per heavy atom.